The molecule has 14 nitrogen and oxygen atoms in total. The molecule has 0 radical (unpaired) electrons. The van der Waals surface area contributed by atoms with Crippen LogP contribution in [0.2, 0.25) is 0 Å². The fourth-order valence-corrected chi connectivity index (χ4v) is 5.34. The van der Waals surface area contributed by atoms with Gasteiger partial charge in [0.25, 0.3) is 5.91 Å². The molecule has 0 saturated carbocycles. The monoisotopic (exact) mass is 769 g/mol. The third kappa shape index (κ3) is 10.9. The van der Waals surface area contributed by atoms with E-state index < -0.39 is 72.4 Å². The molecule has 0 aliphatic carbocycles. The van der Waals surface area contributed by atoms with Gasteiger partial charge in [-0.1, -0.05) is 48.5 Å². The Hall–Kier alpha value is -5.71. The fraction of sp³-hybridized carbons (Fsp3) is 0.265. The Balaban J connectivity index is 1.63. The maximum atomic E-state index is 14.4. The van der Waals surface area contributed by atoms with E-state index in [4.69, 9.17) is 15.2 Å². The van der Waals surface area contributed by atoms with E-state index in [1.807, 2.05) is 5.43 Å². The van der Waals surface area contributed by atoms with Gasteiger partial charge in [-0.25, -0.2) is 23.8 Å². The van der Waals surface area contributed by atoms with Crippen LogP contribution in [-0.2, 0) is 23.9 Å². The Bertz CT molecular complexity index is 1850. The third-order valence-electron chi connectivity index (χ3n) is 6.82. The van der Waals surface area contributed by atoms with E-state index in [1.165, 1.54) is 0 Å². The van der Waals surface area contributed by atoms with E-state index in [-0.39, 0.29) is 16.6 Å². The van der Waals surface area contributed by atoms with E-state index in [0.717, 1.165) is 17.2 Å². The number of esters is 1. The average Bonchev–Trinajstić information content (AvgIpc) is 3.15. The Morgan fingerprint density at radius 3 is 2.43 bits per heavy atom. The average molecular weight is 771 g/mol. The van der Waals surface area contributed by atoms with Crippen molar-refractivity contribution >= 4 is 69.1 Å². The van der Waals surface area contributed by atoms with Crippen molar-refractivity contribution in [3.63, 3.8) is 0 Å². The molecule has 0 fully saturated rings. The van der Waals surface area contributed by atoms with Gasteiger partial charge in [-0.3, -0.25) is 24.7 Å². The number of amides is 5. The van der Waals surface area contributed by atoms with Crippen molar-refractivity contribution in [1.82, 2.24) is 10.7 Å². The largest absolute Gasteiger partial charge is 0.460 e. The molecule has 5 amide bonds. The molecule has 268 valence electrons. The van der Waals surface area contributed by atoms with Crippen molar-refractivity contribution in [3.8, 4) is 0 Å². The number of para-hydroxylation sites is 1. The predicted molar refractivity (Wildman–Crippen MR) is 187 cm³/mol. The maximum Gasteiger partial charge on any atom is 0.411 e. The minimum Gasteiger partial charge on any atom is -0.460 e. The third-order valence-corrected chi connectivity index (χ3v) is 7.45. The second-order valence-corrected chi connectivity index (χ2v) is 12.8. The highest BCUT2D eigenvalue weighted by molar-refractivity contribution is 9.10. The van der Waals surface area contributed by atoms with Crippen molar-refractivity contribution in [2.45, 2.75) is 44.9 Å². The number of benzodiazepines with no additional fused rings is 1. The number of benzene rings is 3. The lowest BCUT2D eigenvalue weighted by Crippen LogP contribution is -2.49. The van der Waals surface area contributed by atoms with Crippen LogP contribution in [-0.4, -0.2) is 72.7 Å². The summed E-state index contributed by atoms with van der Waals surface area (Å²) in [5.41, 5.74) is 7.60. The summed E-state index contributed by atoms with van der Waals surface area (Å²) in [6, 6.07) is 13.6. The Morgan fingerprint density at radius 2 is 1.76 bits per heavy atom. The Kier molecular flexibility index (Phi) is 12.5. The fourth-order valence-electron chi connectivity index (χ4n) is 4.83. The van der Waals surface area contributed by atoms with Crippen LogP contribution < -0.4 is 26.7 Å². The van der Waals surface area contributed by atoms with Crippen molar-refractivity contribution in [2.24, 2.45) is 15.8 Å². The number of halogens is 3. The number of hydrazone groups is 1. The first-order chi connectivity index (χ1) is 24.1. The zero-order valence-corrected chi connectivity index (χ0v) is 29.2. The summed E-state index contributed by atoms with van der Waals surface area (Å²) in [5.74, 6) is -4.10. The highest BCUT2D eigenvalue weighted by Crippen LogP contribution is 2.30. The predicted octanol–water partition coefficient (Wildman–Crippen LogP) is 4.40. The number of carbonyl (C=O) groups is 5. The van der Waals surface area contributed by atoms with Crippen LogP contribution in [0.25, 0.3) is 0 Å². The molecule has 1 aliphatic heterocycles. The summed E-state index contributed by atoms with van der Waals surface area (Å²) < 4.78 is 38.5. The highest BCUT2D eigenvalue weighted by Gasteiger charge is 2.34. The van der Waals surface area contributed by atoms with Gasteiger partial charge in [0, 0.05) is 27.9 Å². The molecular formula is C34H34BrF2N7O7. The molecule has 0 bridgehead atoms. The van der Waals surface area contributed by atoms with Crippen molar-refractivity contribution < 1.29 is 42.2 Å². The molecule has 0 aromatic heterocycles. The Labute approximate surface area is 299 Å². The number of nitrogens with two attached hydrogens (primary N) is 1. The molecule has 51 heavy (non-hydrogen) atoms. The second kappa shape index (κ2) is 16.8. The molecule has 5 N–H and O–H groups in total. The number of fused-ring (bicyclic) bond motifs is 1. The van der Waals surface area contributed by atoms with Crippen LogP contribution in [0.15, 0.2) is 81.3 Å². The lowest BCUT2D eigenvalue weighted by Gasteiger charge is -2.26. The van der Waals surface area contributed by atoms with E-state index in [2.05, 4.69) is 36.7 Å². The van der Waals surface area contributed by atoms with E-state index >= 15 is 0 Å². The number of anilines is 2. The van der Waals surface area contributed by atoms with E-state index in [1.54, 1.807) is 75.4 Å². The van der Waals surface area contributed by atoms with E-state index in [0.29, 0.717) is 28.6 Å². The lowest BCUT2D eigenvalue weighted by molar-refractivity contribution is -0.155. The molecule has 1 aliphatic rings. The van der Waals surface area contributed by atoms with Gasteiger partial charge < -0.3 is 25.4 Å². The molecule has 1 heterocycles. The second-order valence-electron chi connectivity index (χ2n) is 12.0. The summed E-state index contributed by atoms with van der Waals surface area (Å²) in [7, 11) is 0. The standard InChI is InChI=1S/C34H34BrF2N7O7/c1-34(2,3)51-28(46)15-21(16-39-43-32(38)48)40-27(45)17-44-26-12-8-7-11-22(26)29(19-9-5-4-6-10-19)41-25(31(44)47)18-50-33(49)42-30-23(35)13-20(36)14-24(30)37/h4-14,16,21,25H,15,17-18H2,1-3H3,(H,40,45)(H,42,49)(H3,38,43,48)/b39-16-/t21-,25+/m0/s1. The van der Waals surface area contributed by atoms with Crippen LogP contribution in [0.4, 0.5) is 29.7 Å². The number of carbonyl (C=O) groups excluding carboxylic acids is 5. The number of hydrogen-bond acceptors (Lipinski definition) is 9. The van der Waals surface area contributed by atoms with Gasteiger partial charge in [0.05, 0.1) is 29.5 Å². The quantitative estimate of drug-likeness (QED) is 0.126. The SMILES string of the molecule is CC(C)(C)OC(=O)C[C@@H](/C=N\NC(N)=O)NC(=O)CN1C(=O)[C@@H](COC(=O)Nc2c(F)cc(F)cc2Br)N=C(c2ccccc2)c2ccccc21. The van der Waals surface area contributed by atoms with Gasteiger partial charge in [0.15, 0.2) is 11.9 Å². The zero-order chi connectivity index (χ0) is 37.3. The number of ether oxygens (including phenoxy) is 2. The summed E-state index contributed by atoms with van der Waals surface area (Å²) >= 11 is 2.99. The lowest BCUT2D eigenvalue weighted by atomic mass is 10.0. The summed E-state index contributed by atoms with van der Waals surface area (Å²) in [4.78, 5) is 70.0. The molecule has 4 rings (SSSR count). The first-order valence-corrected chi connectivity index (χ1v) is 16.1. The van der Waals surface area contributed by atoms with Crippen molar-refractivity contribution in [2.75, 3.05) is 23.4 Å². The van der Waals surface area contributed by atoms with Crippen molar-refractivity contribution in [1.29, 1.82) is 0 Å². The van der Waals surface area contributed by atoms with Gasteiger partial charge in [-0.15, -0.1) is 0 Å². The smallest absolute Gasteiger partial charge is 0.411 e. The van der Waals surface area contributed by atoms with Gasteiger partial charge in [0.1, 0.15) is 24.6 Å². The molecule has 0 saturated heterocycles. The summed E-state index contributed by atoms with van der Waals surface area (Å²) in [6.45, 7) is 3.77. The highest BCUT2D eigenvalue weighted by atomic mass is 79.9. The molecule has 3 aromatic rings. The number of aliphatic imine (C=N–C) groups is 1. The summed E-state index contributed by atoms with van der Waals surface area (Å²) in [5, 5.41) is 8.44. The van der Waals surface area contributed by atoms with Gasteiger partial charge >= 0.3 is 18.1 Å². The van der Waals surface area contributed by atoms with Gasteiger partial charge in [-0.2, -0.15) is 5.10 Å². The normalized spacial score (nSPS) is 14.9. The summed E-state index contributed by atoms with van der Waals surface area (Å²) in [6.07, 6.45) is -0.459. The van der Waals surface area contributed by atoms with Crippen LogP contribution in [0.1, 0.15) is 38.3 Å². The number of nitrogens with one attached hydrogen (secondary N) is 3. The van der Waals surface area contributed by atoms with Crippen LogP contribution >= 0.6 is 15.9 Å². The first kappa shape index (κ1) is 38.1. The number of rotatable bonds is 11. The molecule has 2 atom stereocenters. The number of hydrogen-bond donors (Lipinski definition) is 4. The molecule has 3 aromatic carbocycles. The van der Waals surface area contributed by atoms with E-state index in [9.17, 15) is 32.8 Å². The van der Waals surface area contributed by atoms with Crippen LogP contribution in [0, 0.1) is 11.6 Å². The van der Waals surface area contributed by atoms with Crippen molar-refractivity contribution in [3.05, 3.63) is 94.0 Å². The Morgan fingerprint density at radius 1 is 1.08 bits per heavy atom. The van der Waals surface area contributed by atoms with Gasteiger partial charge in [0.2, 0.25) is 5.91 Å². The van der Waals surface area contributed by atoms with Crippen LogP contribution in [0.5, 0.6) is 0 Å². The molecule has 17 heteroatoms. The maximum absolute atomic E-state index is 14.4. The minimum absolute atomic E-state index is 0.0834. The minimum atomic E-state index is -1.40. The molecular weight excluding hydrogens is 736 g/mol. The van der Waals surface area contributed by atoms with Crippen LogP contribution in [0.3, 0.4) is 0 Å². The first-order valence-electron chi connectivity index (χ1n) is 15.3. The number of primary amides is 1. The number of urea groups is 1. The molecule has 0 spiro atoms. The zero-order valence-electron chi connectivity index (χ0n) is 27.6. The van der Waals surface area contributed by atoms with Gasteiger partial charge in [-0.05, 0) is 48.8 Å². The number of nitrogens with zero attached hydrogens (tertiary/aromatic N) is 3. The topological polar surface area (TPSA) is 194 Å². The molecule has 0 unspecified atom stereocenters.